The average molecular weight is 423 g/mol. The van der Waals surface area contributed by atoms with E-state index in [-0.39, 0.29) is 11.7 Å². The van der Waals surface area contributed by atoms with Crippen molar-refractivity contribution in [1.82, 2.24) is 0 Å². The number of fused-ring (bicyclic) bond motifs is 1. The van der Waals surface area contributed by atoms with Gasteiger partial charge in [0.2, 0.25) is 10.0 Å². The Morgan fingerprint density at radius 1 is 1.20 bits per heavy atom. The standard InChI is InChI=1S/C18H19BrN2O3S/c1-2-25(23,24)21-11-3-4-14-12-16(9-10-17(14)21)20-18(22)13-5-7-15(19)8-6-13/h5-10,12H,2-4,11H2,1H3,(H,20,22). The summed E-state index contributed by atoms with van der Waals surface area (Å²) in [6.45, 7) is 2.16. The van der Waals surface area contributed by atoms with Gasteiger partial charge in [0.25, 0.3) is 5.91 Å². The molecular formula is C18H19BrN2O3S. The lowest BCUT2D eigenvalue weighted by molar-refractivity contribution is 0.102. The fraction of sp³-hybridized carbons (Fsp3) is 0.278. The van der Waals surface area contributed by atoms with Gasteiger partial charge < -0.3 is 5.32 Å². The molecule has 0 atom stereocenters. The molecule has 0 bridgehead atoms. The highest BCUT2D eigenvalue weighted by Gasteiger charge is 2.26. The molecule has 0 aliphatic carbocycles. The van der Waals surface area contributed by atoms with Crippen LogP contribution in [0.4, 0.5) is 11.4 Å². The molecule has 2 aromatic rings. The number of anilines is 2. The average Bonchev–Trinajstić information content (AvgIpc) is 2.61. The first-order chi connectivity index (χ1) is 11.9. The Morgan fingerprint density at radius 2 is 1.92 bits per heavy atom. The van der Waals surface area contributed by atoms with Crippen LogP contribution < -0.4 is 9.62 Å². The number of nitrogens with zero attached hydrogens (tertiary/aromatic N) is 1. The monoisotopic (exact) mass is 422 g/mol. The highest BCUT2D eigenvalue weighted by molar-refractivity contribution is 9.10. The summed E-state index contributed by atoms with van der Waals surface area (Å²) in [4.78, 5) is 12.3. The second-order valence-electron chi connectivity index (χ2n) is 5.88. The van der Waals surface area contributed by atoms with E-state index in [2.05, 4.69) is 21.2 Å². The van der Waals surface area contributed by atoms with Gasteiger partial charge in [-0.2, -0.15) is 0 Å². The van der Waals surface area contributed by atoms with Gasteiger partial charge in [-0.25, -0.2) is 8.42 Å². The van der Waals surface area contributed by atoms with Gasteiger partial charge in [-0.05, 0) is 67.8 Å². The molecule has 1 aliphatic heterocycles. The normalized spacial score (nSPS) is 14.1. The molecule has 1 aliphatic rings. The van der Waals surface area contributed by atoms with Crippen molar-refractivity contribution >= 4 is 43.2 Å². The second-order valence-corrected chi connectivity index (χ2v) is 8.98. The number of carbonyl (C=O) groups is 1. The Bertz CT molecular complexity index is 895. The van der Waals surface area contributed by atoms with Gasteiger partial charge in [-0.15, -0.1) is 0 Å². The third kappa shape index (κ3) is 3.88. The number of aryl methyl sites for hydroxylation is 1. The third-order valence-corrected chi connectivity index (χ3v) is 6.53. The minimum Gasteiger partial charge on any atom is -0.322 e. The number of benzene rings is 2. The summed E-state index contributed by atoms with van der Waals surface area (Å²) >= 11 is 3.34. The number of nitrogens with one attached hydrogen (secondary N) is 1. The second kappa shape index (κ2) is 7.17. The molecule has 25 heavy (non-hydrogen) atoms. The summed E-state index contributed by atoms with van der Waals surface area (Å²) in [6.07, 6.45) is 1.57. The van der Waals surface area contributed by atoms with Crippen molar-refractivity contribution in [1.29, 1.82) is 0 Å². The zero-order valence-corrected chi connectivity index (χ0v) is 16.2. The van der Waals surface area contributed by atoms with Crippen molar-refractivity contribution < 1.29 is 13.2 Å². The van der Waals surface area contributed by atoms with Gasteiger partial charge in [-0.1, -0.05) is 15.9 Å². The summed E-state index contributed by atoms with van der Waals surface area (Å²) in [5.41, 5.74) is 2.89. The van der Waals surface area contributed by atoms with E-state index >= 15 is 0 Å². The van der Waals surface area contributed by atoms with Crippen molar-refractivity contribution in [3.05, 3.63) is 58.1 Å². The lowest BCUT2D eigenvalue weighted by atomic mass is 10.0. The maximum absolute atomic E-state index is 12.3. The number of sulfonamides is 1. The number of hydrogen-bond donors (Lipinski definition) is 1. The summed E-state index contributed by atoms with van der Waals surface area (Å²) in [5, 5.41) is 2.87. The Hall–Kier alpha value is -1.86. The molecule has 132 valence electrons. The summed E-state index contributed by atoms with van der Waals surface area (Å²) in [7, 11) is -3.28. The molecule has 7 heteroatoms. The van der Waals surface area contributed by atoms with Crippen LogP contribution in [0.2, 0.25) is 0 Å². The first kappa shape index (κ1) is 17.9. The molecule has 0 radical (unpaired) electrons. The van der Waals surface area contributed by atoms with Crippen molar-refractivity contribution in [3.8, 4) is 0 Å². The van der Waals surface area contributed by atoms with Crippen LogP contribution >= 0.6 is 15.9 Å². The predicted octanol–water partition coefficient (Wildman–Crippen LogP) is 3.80. The van der Waals surface area contributed by atoms with Crippen molar-refractivity contribution in [2.24, 2.45) is 0 Å². The van der Waals surface area contributed by atoms with Crippen LogP contribution in [0.1, 0.15) is 29.3 Å². The molecule has 1 N–H and O–H groups in total. The molecular weight excluding hydrogens is 404 g/mol. The predicted molar refractivity (Wildman–Crippen MR) is 104 cm³/mol. The number of hydrogen-bond acceptors (Lipinski definition) is 3. The van der Waals surface area contributed by atoms with E-state index in [9.17, 15) is 13.2 Å². The fourth-order valence-electron chi connectivity index (χ4n) is 2.89. The van der Waals surface area contributed by atoms with Gasteiger partial charge in [0, 0.05) is 22.3 Å². The minimum absolute atomic E-state index is 0.0779. The van der Waals surface area contributed by atoms with E-state index in [1.54, 1.807) is 31.2 Å². The topological polar surface area (TPSA) is 66.5 Å². The maximum atomic E-state index is 12.3. The van der Waals surface area contributed by atoms with Crippen LogP contribution in [0.5, 0.6) is 0 Å². The Labute approximate surface area is 156 Å². The maximum Gasteiger partial charge on any atom is 0.255 e. The molecule has 0 spiro atoms. The highest BCUT2D eigenvalue weighted by atomic mass is 79.9. The van der Waals surface area contributed by atoms with E-state index in [4.69, 9.17) is 0 Å². The third-order valence-electron chi connectivity index (χ3n) is 4.22. The van der Waals surface area contributed by atoms with E-state index in [0.717, 1.165) is 28.6 Å². The van der Waals surface area contributed by atoms with Crippen LogP contribution in [0, 0.1) is 0 Å². The van der Waals surface area contributed by atoms with E-state index in [0.29, 0.717) is 17.8 Å². The van der Waals surface area contributed by atoms with Crippen LogP contribution in [-0.2, 0) is 16.4 Å². The molecule has 2 aromatic carbocycles. The summed E-state index contributed by atoms with van der Waals surface area (Å²) < 4.78 is 26.9. The molecule has 1 heterocycles. The smallest absolute Gasteiger partial charge is 0.255 e. The largest absolute Gasteiger partial charge is 0.322 e. The van der Waals surface area contributed by atoms with Gasteiger partial charge in [0.05, 0.1) is 11.4 Å². The van der Waals surface area contributed by atoms with Crippen molar-refractivity contribution in [3.63, 3.8) is 0 Å². The van der Waals surface area contributed by atoms with Gasteiger partial charge in [-0.3, -0.25) is 9.10 Å². The SMILES string of the molecule is CCS(=O)(=O)N1CCCc2cc(NC(=O)c3ccc(Br)cc3)ccc21. The molecule has 5 nitrogen and oxygen atoms in total. The summed E-state index contributed by atoms with van der Waals surface area (Å²) in [5.74, 6) is -0.115. The molecule has 0 unspecified atom stereocenters. The zero-order valence-electron chi connectivity index (χ0n) is 13.8. The first-order valence-corrected chi connectivity index (χ1v) is 10.5. The van der Waals surface area contributed by atoms with Crippen molar-refractivity contribution in [2.45, 2.75) is 19.8 Å². The number of carbonyl (C=O) groups excluding carboxylic acids is 1. The Kier molecular flexibility index (Phi) is 5.15. The lowest BCUT2D eigenvalue weighted by Crippen LogP contribution is -2.36. The summed E-state index contributed by atoms with van der Waals surface area (Å²) in [6, 6.07) is 12.5. The van der Waals surface area contributed by atoms with Gasteiger partial charge in [0.15, 0.2) is 0 Å². The zero-order chi connectivity index (χ0) is 18.0. The molecule has 0 saturated carbocycles. The highest BCUT2D eigenvalue weighted by Crippen LogP contribution is 2.31. The van der Waals surface area contributed by atoms with E-state index in [1.165, 1.54) is 4.31 Å². The first-order valence-electron chi connectivity index (χ1n) is 8.11. The lowest BCUT2D eigenvalue weighted by Gasteiger charge is -2.30. The van der Waals surface area contributed by atoms with E-state index in [1.807, 2.05) is 18.2 Å². The quantitative estimate of drug-likeness (QED) is 0.814. The number of rotatable bonds is 4. The number of amides is 1. The molecule has 1 amide bonds. The molecule has 3 rings (SSSR count). The molecule has 0 saturated heterocycles. The molecule has 0 fully saturated rings. The Balaban J connectivity index is 1.84. The van der Waals surface area contributed by atoms with Crippen LogP contribution in [0.25, 0.3) is 0 Å². The van der Waals surface area contributed by atoms with E-state index < -0.39 is 10.0 Å². The molecule has 0 aromatic heterocycles. The van der Waals surface area contributed by atoms with Crippen molar-refractivity contribution in [2.75, 3.05) is 21.9 Å². The number of halogens is 1. The minimum atomic E-state index is -3.28. The van der Waals surface area contributed by atoms with Crippen LogP contribution in [0.3, 0.4) is 0 Å². The Morgan fingerprint density at radius 3 is 2.60 bits per heavy atom. The van der Waals surface area contributed by atoms with Crippen LogP contribution in [0.15, 0.2) is 46.9 Å². The fourth-order valence-corrected chi connectivity index (χ4v) is 4.35. The van der Waals surface area contributed by atoms with Gasteiger partial charge in [0.1, 0.15) is 0 Å². The van der Waals surface area contributed by atoms with Gasteiger partial charge >= 0.3 is 0 Å². The van der Waals surface area contributed by atoms with Crippen LogP contribution in [-0.4, -0.2) is 26.6 Å².